The lowest BCUT2D eigenvalue weighted by atomic mass is 9.97. The van der Waals surface area contributed by atoms with E-state index in [2.05, 4.69) is 16.0 Å². The van der Waals surface area contributed by atoms with E-state index in [1.807, 2.05) is 0 Å². The molecule has 5 atom stereocenters. The second-order valence-electron chi connectivity index (χ2n) is 8.25. The number of rotatable bonds is 18. The molecule has 0 radical (unpaired) electrons. The summed E-state index contributed by atoms with van der Waals surface area (Å²) in [6, 6.07) is -5.28. The molecule has 0 aromatic carbocycles. The van der Waals surface area contributed by atoms with Crippen LogP contribution in [-0.4, -0.2) is 81.7 Å². The normalized spacial score (nSPS) is 15.1. The molecular formula is C21H37N5O9. The molecule has 0 bridgehead atoms. The first-order valence-corrected chi connectivity index (χ1v) is 11.4. The van der Waals surface area contributed by atoms with Gasteiger partial charge < -0.3 is 42.7 Å². The third kappa shape index (κ3) is 12.7. The van der Waals surface area contributed by atoms with Gasteiger partial charge in [-0.05, 0) is 38.1 Å². The highest BCUT2D eigenvalue weighted by Gasteiger charge is 2.32. The number of hydrogen-bond acceptors (Lipinski definition) is 8. The highest BCUT2D eigenvalue weighted by atomic mass is 16.4. The summed E-state index contributed by atoms with van der Waals surface area (Å²) in [5.74, 6) is -6.89. The van der Waals surface area contributed by atoms with Crippen LogP contribution in [0.2, 0.25) is 0 Å². The van der Waals surface area contributed by atoms with E-state index in [-0.39, 0.29) is 12.8 Å². The molecule has 0 spiro atoms. The quantitative estimate of drug-likeness (QED) is 0.0985. The summed E-state index contributed by atoms with van der Waals surface area (Å²) >= 11 is 0. The zero-order valence-electron chi connectivity index (χ0n) is 20.0. The molecule has 0 saturated carbocycles. The standard InChI is InChI=1S/C21H37N5O9/c1-3-11(2)17(26-18(31)12(23)10-16(29)30)20(33)24-13(7-8-15(27)28)19(32)25-14(21(34)35)6-4-5-9-22/h11-14,17H,3-10,22-23H2,1-2H3,(H,24,33)(H,25,32)(H,26,31)(H,27,28)(H,29,30)(H,34,35). The number of carboxylic acids is 3. The van der Waals surface area contributed by atoms with Gasteiger partial charge in [-0.1, -0.05) is 20.3 Å². The van der Waals surface area contributed by atoms with Crippen LogP contribution in [0.1, 0.15) is 58.8 Å². The third-order valence-corrected chi connectivity index (χ3v) is 5.37. The van der Waals surface area contributed by atoms with Crippen LogP contribution in [0.3, 0.4) is 0 Å². The number of carbonyl (C=O) groups is 6. The molecule has 0 aliphatic carbocycles. The average Bonchev–Trinajstić information content (AvgIpc) is 2.77. The summed E-state index contributed by atoms with van der Waals surface area (Å²) in [6.45, 7) is 3.72. The Balaban J connectivity index is 5.59. The summed E-state index contributed by atoms with van der Waals surface area (Å²) in [4.78, 5) is 71.4. The number of carbonyl (C=O) groups excluding carboxylic acids is 3. The molecule has 0 aromatic rings. The van der Waals surface area contributed by atoms with Crippen LogP contribution in [0.4, 0.5) is 0 Å². The van der Waals surface area contributed by atoms with E-state index in [1.54, 1.807) is 13.8 Å². The van der Waals surface area contributed by atoms with Crippen molar-refractivity contribution in [2.24, 2.45) is 17.4 Å². The van der Waals surface area contributed by atoms with Gasteiger partial charge in [-0.25, -0.2) is 4.79 Å². The SMILES string of the molecule is CCC(C)C(NC(=O)C(N)CC(=O)O)C(=O)NC(CCC(=O)O)C(=O)NC(CCCCN)C(=O)O. The zero-order chi connectivity index (χ0) is 27.1. The largest absolute Gasteiger partial charge is 0.481 e. The van der Waals surface area contributed by atoms with Gasteiger partial charge in [-0.3, -0.25) is 24.0 Å². The molecule has 0 rings (SSSR count). The highest BCUT2D eigenvalue weighted by molar-refractivity contribution is 5.95. The van der Waals surface area contributed by atoms with Crippen LogP contribution in [-0.2, 0) is 28.8 Å². The minimum absolute atomic E-state index is 0.0882. The molecule has 0 aromatic heterocycles. The Kier molecular flexibility index (Phi) is 14.9. The summed E-state index contributed by atoms with van der Waals surface area (Å²) in [5.41, 5.74) is 11.0. The van der Waals surface area contributed by atoms with Crippen molar-refractivity contribution in [1.29, 1.82) is 0 Å². The van der Waals surface area contributed by atoms with E-state index in [1.165, 1.54) is 0 Å². The van der Waals surface area contributed by atoms with Crippen molar-refractivity contribution in [3.05, 3.63) is 0 Å². The Morgan fingerprint density at radius 2 is 1.40 bits per heavy atom. The van der Waals surface area contributed by atoms with Gasteiger partial charge >= 0.3 is 17.9 Å². The predicted molar refractivity (Wildman–Crippen MR) is 123 cm³/mol. The molecular weight excluding hydrogens is 466 g/mol. The van der Waals surface area contributed by atoms with Gasteiger partial charge in [0.1, 0.15) is 18.1 Å². The number of unbranched alkanes of at least 4 members (excludes halogenated alkanes) is 1. The first-order chi connectivity index (χ1) is 16.3. The number of aliphatic carboxylic acids is 3. The van der Waals surface area contributed by atoms with E-state index in [9.17, 15) is 33.9 Å². The van der Waals surface area contributed by atoms with Gasteiger partial charge in [-0.15, -0.1) is 0 Å². The Hall–Kier alpha value is -3.26. The lowest BCUT2D eigenvalue weighted by Gasteiger charge is -2.27. The number of nitrogens with one attached hydrogen (secondary N) is 3. The summed E-state index contributed by atoms with van der Waals surface area (Å²) in [6.07, 6.45) is -0.0106. The highest BCUT2D eigenvalue weighted by Crippen LogP contribution is 2.11. The number of carboxylic acid groups (broad SMARTS) is 3. The van der Waals surface area contributed by atoms with Gasteiger partial charge in [0.05, 0.1) is 12.5 Å². The summed E-state index contributed by atoms with van der Waals surface area (Å²) in [7, 11) is 0. The lowest BCUT2D eigenvalue weighted by Crippen LogP contribution is -2.58. The molecule has 0 aliphatic rings. The molecule has 14 heteroatoms. The molecule has 3 amide bonds. The number of hydrogen-bond donors (Lipinski definition) is 8. The molecule has 5 unspecified atom stereocenters. The molecule has 0 fully saturated rings. The van der Waals surface area contributed by atoms with Gasteiger partial charge in [0.15, 0.2) is 0 Å². The van der Waals surface area contributed by atoms with Crippen molar-refractivity contribution in [3.8, 4) is 0 Å². The average molecular weight is 504 g/mol. The molecule has 200 valence electrons. The second-order valence-corrected chi connectivity index (χ2v) is 8.25. The first kappa shape index (κ1) is 31.7. The van der Waals surface area contributed by atoms with Gasteiger partial charge in [-0.2, -0.15) is 0 Å². The molecule has 0 saturated heterocycles. The molecule has 14 nitrogen and oxygen atoms in total. The lowest BCUT2D eigenvalue weighted by molar-refractivity contribution is -0.143. The maximum atomic E-state index is 13.0. The predicted octanol–water partition coefficient (Wildman–Crippen LogP) is -1.63. The van der Waals surface area contributed by atoms with Crippen molar-refractivity contribution in [2.75, 3.05) is 6.54 Å². The topological polar surface area (TPSA) is 251 Å². The van der Waals surface area contributed by atoms with E-state index in [0.29, 0.717) is 25.8 Å². The van der Waals surface area contributed by atoms with Crippen molar-refractivity contribution >= 4 is 35.6 Å². The van der Waals surface area contributed by atoms with Crippen molar-refractivity contribution in [3.63, 3.8) is 0 Å². The van der Waals surface area contributed by atoms with Crippen LogP contribution in [0.15, 0.2) is 0 Å². The Morgan fingerprint density at radius 3 is 1.89 bits per heavy atom. The minimum Gasteiger partial charge on any atom is -0.481 e. The van der Waals surface area contributed by atoms with Gasteiger partial charge in [0, 0.05) is 6.42 Å². The first-order valence-electron chi connectivity index (χ1n) is 11.4. The smallest absolute Gasteiger partial charge is 0.326 e. The van der Waals surface area contributed by atoms with Crippen molar-refractivity contribution < 1.29 is 44.1 Å². The van der Waals surface area contributed by atoms with Gasteiger partial charge in [0.25, 0.3) is 0 Å². The number of amides is 3. The Morgan fingerprint density at radius 1 is 0.800 bits per heavy atom. The maximum absolute atomic E-state index is 13.0. The number of nitrogens with two attached hydrogens (primary N) is 2. The fraction of sp³-hybridized carbons (Fsp3) is 0.714. The van der Waals surface area contributed by atoms with Crippen LogP contribution in [0.25, 0.3) is 0 Å². The molecule has 10 N–H and O–H groups in total. The zero-order valence-corrected chi connectivity index (χ0v) is 20.0. The van der Waals surface area contributed by atoms with E-state index in [4.69, 9.17) is 21.7 Å². The fourth-order valence-electron chi connectivity index (χ4n) is 3.06. The van der Waals surface area contributed by atoms with Crippen LogP contribution in [0.5, 0.6) is 0 Å². The second kappa shape index (κ2) is 16.4. The third-order valence-electron chi connectivity index (χ3n) is 5.37. The van der Waals surface area contributed by atoms with E-state index in [0.717, 1.165) is 0 Å². The maximum Gasteiger partial charge on any atom is 0.326 e. The minimum atomic E-state index is -1.41. The van der Waals surface area contributed by atoms with Crippen molar-refractivity contribution in [2.45, 2.75) is 83.0 Å². The van der Waals surface area contributed by atoms with Crippen LogP contribution in [0, 0.1) is 5.92 Å². The van der Waals surface area contributed by atoms with E-state index >= 15 is 0 Å². The molecule has 0 aliphatic heterocycles. The fourth-order valence-corrected chi connectivity index (χ4v) is 3.06. The van der Waals surface area contributed by atoms with Gasteiger partial charge in [0.2, 0.25) is 17.7 Å². The molecule has 35 heavy (non-hydrogen) atoms. The Labute approximate surface area is 203 Å². The summed E-state index contributed by atoms with van der Waals surface area (Å²) in [5, 5.41) is 34.3. The summed E-state index contributed by atoms with van der Waals surface area (Å²) < 4.78 is 0. The molecule has 0 heterocycles. The van der Waals surface area contributed by atoms with Crippen LogP contribution < -0.4 is 27.4 Å². The van der Waals surface area contributed by atoms with E-state index < -0.39 is 78.6 Å². The van der Waals surface area contributed by atoms with Crippen molar-refractivity contribution in [1.82, 2.24) is 16.0 Å². The Bertz CT molecular complexity index is 761. The van der Waals surface area contributed by atoms with Crippen LogP contribution >= 0.6 is 0 Å². The monoisotopic (exact) mass is 503 g/mol.